The molecule has 0 aliphatic rings. The number of halogens is 4. The number of rotatable bonds is 5. The van der Waals surface area contributed by atoms with Gasteiger partial charge in [0.05, 0.1) is 5.88 Å². The molecule has 0 aromatic heterocycles. The maximum Gasteiger partial charge on any atom is 0.573 e. The van der Waals surface area contributed by atoms with Crippen molar-refractivity contribution < 1.29 is 22.7 Å². The molecule has 18 heavy (non-hydrogen) atoms. The maximum atomic E-state index is 12.1. The zero-order valence-electron chi connectivity index (χ0n) is 9.38. The van der Waals surface area contributed by atoms with Gasteiger partial charge < -0.3 is 4.74 Å². The van der Waals surface area contributed by atoms with E-state index < -0.39 is 6.36 Å². The van der Waals surface area contributed by atoms with Crippen LogP contribution in [0, 0.1) is 0 Å². The summed E-state index contributed by atoms with van der Waals surface area (Å²) >= 11 is 6.62. The molecule has 2 nitrogen and oxygen atoms in total. The predicted octanol–water partition coefficient (Wildman–Crippen LogP) is 3.66. The number of hydrogen-bond acceptors (Lipinski definition) is 3. The van der Waals surface area contributed by atoms with Gasteiger partial charge in [-0.05, 0) is 30.0 Å². The van der Waals surface area contributed by atoms with Crippen molar-refractivity contribution in [1.29, 1.82) is 0 Å². The van der Waals surface area contributed by atoms with Crippen LogP contribution in [0.5, 0.6) is 5.75 Å². The molecule has 0 bridgehead atoms. The van der Waals surface area contributed by atoms with Gasteiger partial charge in [-0.3, -0.25) is 4.79 Å². The summed E-state index contributed by atoms with van der Waals surface area (Å²) in [5.74, 6) is -0.751. The van der Waals surface area contributed by atoms with Crippen molar-refractivity contribution >= 4 is 29.1 Å². The molecule has 0 aliphatic carbocycles. The van der Waals surface area contributed by atoms with E-state index in [1.54, 1.807) is 12.3 Å². The van der Waals surface area contributed by atoms with E-state index in [4.69, 9.17) is 11.6 Å². The summed E-state index contributed by atoms with van der Waals surface area (Å²) in [5.41, 5.74) is 0.451. The second-order valence-electron chi connectivity index (χ2n) is 3.41. The molecular formula is C11H10ClF3O2S. The van der Waals surface area contributed by atoms with Crippen LogP contribution in [0.1, 0.15) is 5.56 Å². The topological polar surface area (TPSA) is 26.3 Å². The highest BCUT2D eigenvalue weighted by Crippen LogP contribution is 2.28. The van der Waals surface area contributed by atoms with Gasteiger partial charge >= 0.3 is 6.36 Å². The highest BCUT2D eigenvalue weighted by atomic mass is 35.5. The lowest BCUT2D eigenvalue weighted by molar-refractivity contribution is -0.274. The summed E-state index contributed by atoms with van der Waals surface area (Å²) in [6.45, 7) is 0. The Morgan fingerprint density at radius 2 is 2.06 bits per heavy atom. The second kappa shape index (κ2) is 6.33. The van der Waals surface area contributed by atoms with Crippen LogP contribution in [-0.4, -0.2) is 24.3 Å². The lowest BCUT2D eigenvalue weighted by Gasteiger charge is -2.11. The Morgan fingerprint density at radius 1 is 1.39 bits per heavy atom. The largest absolute Gasteiger partial charge is 0.573 e. The number of thioether (sulfide) groups is 1. The third-order valence-corrected chi connectivity index (χ3v) is 2.96. The van der Waals surface area contributed by atoms with Gasteiger partial charge in [0.25, 0.3) is 0 Å². The Labute approximate surface area is 111 Å². The number of ether oxygens (including phenoxy) is 1. The predicted molar refractivity (Wildman–Crippen MR) is 64.3 cm³/mol. The molecule has 1 rings (SSSR count). The third kappa shape index (κ3) is 5.18. The molecule has 100 valence electrons. The summed E-state index contributed by atoms with van der Waals surface area (Å²) in [7, 11) is 0. The average molecular weight is 299 g/mol. The Balaban J connectivity index is 2.98. The molecule has 0 unspecified atom stereocenters. The Bertz CT molecular complexity index is 435. The zero-order valence-corrected chi connectivity index (χ0v) is 11.0. The highest BCUT2D eigenvalue weighted by Gasteiger charge is 2.31. The number of carbonyl (C=O) groups is 1. The minimum atomic E-state index is -4.75. The summed E-state index contributed by atoms with van der Waals surface area (Å²) in [6, 6.07) is 4.10. The molecule has 1 aromatic rings. The van der Waals surface area contributed by atoms with Gasteiger partial charge in [0.1, 0.15) is 5.75 Å². The molecule has 0 spiro atoms. The lowest BCUT2D eigenvalue weighted by Crippen LogP contribution is -2.17. The molecule has 0 saturated carbocycles. The Hall–Kier alpha value is -0.880. The molecule has 1 aromatic carbocycles. The van der Waals surface area contributed by atoms with Gasteiger partial charge in [-0.2, -0.15) is 0 Å². The highest BCUT2D eigenvalue weighted by molar-refractivity contribution is 7.98. The van der Waals surface area contributed by atoms with Gasteiger partial charge in [0, 0.05) is 11.3 Å². The van der Waals surface area contributed by atoms with Gasteiger partial charge in [-0.15, -0.1) is 36.5 Å². The average Bonchev–Trinajstić information content (AvgIpc) is 2.26. The van der Waals surface area contributed by atoms with Crippen LogP contribution in [0.2, 0.25) is 0 Å². The fourth-order valence-corrected chi connectivity index (χ4v) is 1.92. The summed E-state index contributed by atoms with van der Waals surface area (Å²) in [5, 5.41) is 0. The van der Waals surface area contributed by atoms with Crippen LogP contribution in [0.3, 0.4) is 0 Å². The van der Waals surface area contributed by atoms with E-state index in [2.05, 4.69) is 4.74 Å². The van der Waals surface area contributed by atoms with Crippen LogP contribution in [0.25, 0.3) is 0 Å². The van der Waals surface area contributed by atoms with Crippen molar-refractivity contribution in [2.45, 2.75) is 17.7 Å². The van der Waals surface area contributed by atoms with E-state index in [1.807, 2.05) is 0 Å². The van der Waals surface area contributed by atoms with Crippen molar-refractivity contribution in [3.63, 3.8) is 0 Å². The van der Waals surface area contributed by atoms with Crippen LogP contribution in [-0.2, 0) is 11.2 Å². The molecule has 0 amide bonds. The van der Waals surface area contributed by atoms with Crippen molar-refractivity contribution in [2.24, 2.45) is 0 Å². The summed E-state index contributed by atoms with van der Waals surface area (Å²) < 4.78 is 40.2. The first kappa shape index (κ1) is 15.2. The minimum Gasteiger partial charge on any atom is -0.406 e. The molecule has 0 heterocycles. The van der Waals surface area contributed by atoms with Crippen LogP contribution < -0.4 is 4.74 Å². The number of alkyl halides is 4. The molecule has 0 fully saturated rings. The van der Waals surface area contributed by atoms with Gasteiger partial charge in [-0.25, -0.2) is 0 Å². The molecule has 7 heteroatoms. The van der Waals surface area contributed by atoms with E-state index in [-0.39, 0.29) is 23.8 Å². The van der Waals surface area contributed by atoms with E-state index >= 15 is 0 Å². The Kier molecular flexibility index (Phi) is 5.34. The molecule has 0 atom stereocenters. The van der Waals surface area contributed by atoms with Crippen molar-refractivity contribution in [3.05, 3.63) is 23.8 Å². The smallest absolute Gasteiger partial charge is 0.406 e. The monoisotopic (exact) mass is 298 g/mol. The number of ketones is 1. The van der Waals surface area contributed by atoms with Gasteiger partial charge in [0.2, 0.25) is 0 Å². The van der Waals surface area contributed by atoms with Gasteiger partial charge in [-0.1, -0.05) is 0 Å². The quantitative estimate of drug-likeness (QED) is 0.613. The first-order valence-electron chi connectivity index (χ1n) is 4.85. The van der Waals surface area contributed by atoms with Gasteiger partial charge in [0.15, 0.2) is 5.78 Å². The number of benzene rings is 1. The third-order valence-electron chi connectivity index (χ3n) is 1.96. The van der Waals surface area contributed by atoms with E-state index in [9.17, 15) is 18.0 Å². The molecule has 0 N–H and O–H groups in total. The van der Waals surface area contributed by atoms with E-state index in [0.717, 1.165) is 0 Å². The van der Waals surface area contributed by atoms with Crippen LogP contribution in [0.15, 0.2) is 23.1 Å². The Morgan fingerprint density at radius 3 is 2.56 bits per heavy atom. The summed E-state index contributed by atoms with van der Waals surface area (Å²) in [4.78, 5) is 11.8. The van der Waals surface area contributed by atoms with Crippen molar-refractivity contribution in [1.82, 2.24) is 0 Å². The fraction of sp³-hybridized carbons (Fsp3) is 0.364. The SMILES string of the molecule is CSc1cc(CC(=O)CCl)cc(OC(F)(F)F)c1. The first-order valence-corrected chi connectivity index (χ1v) is 6.61. The minimum absolute atomic E-state index is 0.00782. The van der Waals surface area contributed by atoms with Crippen molar-refractivity contribution in [2.75, 3.05) is 12.1 Å². The first-order chi connectivity index (χ1) is 8.34. The standard InChI is InChI=1S/C11H10ClF3O2S/c1-18-10-4-7(2-8(16)6-12)3-9(5-10)17-11(13,14)15/h3-5H,2,6H2,1H3. The van der Waals surface area contributed by atoms with E-state index in [1.165, 1.54) is 23.9 Å². The second-order valence-corrected chi connectivity index (χ2v) is 4.56. The number of hydrogen-bond donors (Lipinski definition) is 0. The lowest BCUT2D eigenvalue weighted by atomic mass is 10.1. The zero-order chi connectivity index (χ0) is 13.8. The maximum absolute atomic E-state index is 12.1. The summed E-state index contributed by atoms with van der Waals surface area (Å²) in [6.07, 6.45) is -3.03. The molecule has 0 radical (unpaired) electrons. The molecular weight excluding hydrogens is 289 g/mol. The molecule has 0 aliphatic heterocycles. The number of Topliss-reactive ketones (excluding diaryl/α,β-unsaturated/α-hetero) is 1. The van der Waals surface area contributed by atoms with Crippen LogP contribution >= 0.6 is 23.4 Å². The van der Waals surface area contributed by atoms with Crippen LogP contribution in [0.4, 0.5) is 13.2 Å². The van der Waals surface area contributed by atoms with Crippen molar-refractivity contribution in [3.8, 4) is 5.75 Å². The normalized spacial score (nSPS) is 11.4. The fourth-order valence-electron chi connectivity index (χ4n) is 1.32. The number of carbonyl (C=O) groups excluding carboxylic acids is 1. The molecule has 0 saturated heterocycles. The van der Waals surface area contributed by atoms with E-state index in [0.29, 0.717) is 10.5 Å².